The van der Waals surface area contributed by atoms with E-state index in [1.54, 1.807) is 6.20 Å². The lowest BCUT2D eigenvalue weighted by molar-refractivity contribution is 0.128. The summed E-state index contributed by atoms with van der Waals surface area (Å²) in [6.07, 6.45) is 10.7. The van der Waals surface area contributed by atoms with E-state index >= 15 is 0 Å². The smallest absolute Gasteiger partial charge is 0.0620 e. The van der Waals surface area contributed by atoms with E-state index in [-0.39, 0.29) is 0 Å². The fraction of sp³-hybridized carbons (Fsp3) is 0.778. The Morgan fingerprint density at radius 3 is 2.67 bits per heavy atom. The molecule has 1 aliphatic carbocycles. The van der Waals surface area contributed by atoms with Crippen molar-refractivity contribution in [3.8, 4) is 0 Å². The molecule has 3 atom stereocenters. The number of aromatic nitrogens is 2. The topological polar surface area (TPSA) is 37.8 Å². The lowest BCUT2D eigenvalue weighted by Gasteiger charge is -2.41. The molecule has 0 aromatic carbocycles. The Kier molecular flexibility index (Phi) is 5.74. The highest BCUT2D eigenvalue weighted by atomic mass is 14.9. The summed E-state index contributed by atoms with van der Waals surface area (Å²) in [4.78, 5) is 8.90. The third-order valence-corrected chi connectivity index (χ3v) is 5.01. The van der Waals surface area contributed by atoms with Gasteiger partial charge in [0, 0.05) is 24.5 Å². The van der Waals surface area contributed by atoms with E-state index in [2.05, 4.69) is 43.0 Å². The highest BCUT2D eigenvalue weighted by Gasteiger charge is 2.36. The first-order valence-corrected chi connectivity index (χ1v) is 8.49. The molecule has 0 bridgehead atoms. The first-order valence-electron chi connectivity index (χ1n) is 8.49. The molecule has 0 saturated heterocycles. The second-order valence-corrected chi connectivity index (χ2v) is 7.58. The molecule has 3 unspecified atom stereocenters. The van der Waals surface area contributed by atoms with E-state index < -0.39 is 0 Å². The van der Waals surface area contributed by atoms with Crippen LogP contribution in [0.1, 0.15) is 65.0 Å². The Balaban J connectivity index is 2.10. The van der Waals surface area contributed by atoms with E-state index in [4.69, 9.17) is 0 Å². The van der Waals surface area contributed by atoms with Crippen LogP contribution in [0.3, 0.4) is 0 Å². The standard InChI is InChI=1S/C18H31N3/c1-5-8-19-12-14-6-7-15(18(2,3)4)11-16(14)17-13-20-9-10-21-17/h9-10,13-16,19H,5-8,11-12H2,1-4H3. The van der Waals surface area contributed by atoms with E-state index in [0.29, 0.717) is 17.3 Å². The Bertz CT molecular complexity index is 410. The lowest BCUT2D eigenvalue weighted by Crippen LogP contribution is -2.36. The third-order valence-electron chi connectivity index (χ3n) is 5.01. The normalized spacial score (nSPS) is 26.8. The van der Waals surface area contributed by atoms with Gasteiger partial charge in [-0.25, -0.2) is 0 Å². The summed E-state index contributed by atoms with van der Waals surface area (Å²) in [7, 11) is 0. The van der Waals surface area contributed by atoms with Gasteiger partial charge in [0.1, 0.15) is 0 Å². The number of nitrogens with one attached hydrogen (secondary N) is 1. The van der Waals surface area contributed by atoms with Crippen LogP contribution in [0.15, 0.2) is 18.6 Å². The molecule has 1 heterocycles. The van der Waals surface area contributed by atoms with Crippen molar-refractivity contribution < 1.29 is 0 Å². The minimum Gasteiger partial charge on any atom is -0.316 e. The molecule has 1 fully saturated rings. The van der Waals surface area contributed by atoms with Crippen LogP contribution in [0, 0.1) is 17.3 Å². The minimum atomic E-state index is 0.391. The maximum absolute atomic E-state index is 4.61. The van der Waals surface area contributed by atoms with Gasteiger partial charge in [-0.1, -0.05) is 27.7 Å². The van der Waals surface area contributed by atoms with Gasteiger partial charge < -0.3 is 5.32 Å². The van der Waals surface area contributed by atoms with Crippen LogP contribution in [0.5, 0.6) is 0 Å². The summed E-state index contributed by atoms with van der Waals surface area (Å²) < 4.78 is 0. The van der Waals surface area contributed by atoms with Crippen LogP contribution in [0.2, 0.25) is 0 Å². The van der Waals surface area contributed by atoms with Crippen molar-refractivity contribution in [2.24, 2.45) is 17.3 Å². The van der Waals surface area contributed by atoms with Crippen molar-refractivity contribution in [2.45, 2.75) is 59.3 Å². The average Bonchev–Trinajstić information content (AvgIpc) is 2.47. The number of nitrogens with zero attached hydrogens (tertiary/aromatic N) is 2. The molecular weight excluding hydrogens is 258 g/mol. The molecule has 0 amide bonds. The molecule has 3 heteroatoms. The van der Waals surface area contributed by atoms with Crippen LogP contribution in [0.4, 0.5) is 0 Å². The zero-order valence-corrected chi connectivity index (χ0v) is 14.1. The molecule has 0 radical (unpaired) electrons. The van der Waals surface area contributed by atoms with Gasteiger partial charge in [-0.2, -0.15) is 0 Å². The van der Waals surface area contributed by atoms with E-state index in [9.17, 15) is 0 Å². The number of rotatable bonds is 5. The Labute approximate surface area is 130 Å². The molecule has 1 aromatic heterocycles. The lowest BCUT2D eigenvalue weighted by atomic mass is 9.65. The summed E-state index contributed by atoms with van der Waals surface area (Å²) >= 11 is 0. The average molecular weight is 289 g/mol. The second-order valence-electron chi connectivity index (χ2n) is 7.58. The van der Waals surface area contributed by atoms with Crippen LogP contribution in [-0.2, 0) is 0 Å². The molecule has 2 rings (SSSR count). The van der Waals surface area contributed by atoms with Crippen molar-refractivity contribution in [3.63, 3.8) is 0 Å². The quantitative estimate of drug-likeness (QED) is 0.832. The van der Waals surface area contributed by atoms with Crippen molar-refractivity contribution in [3.05, 3.63) is 24.3 Å². The van der Waals surface area contributed by atoms with Gasteiger partial charge in [-0.3, -0.25) is 9.97 Å². The van der Waals surface area contributed by atoms with Gasteiger partial charge in [0.05, 0.1) is 5.69 Å². The van der Waals surface area contributed by atoms with Gasteiger partial charge in [-0.05, 0) is 56.0 Å². The molecule has 3 nitrogen and oxygen atoms in total. The van der Waals surface area contributed by atoms with Crippen molar-refractivity contribution in [1.82, 2.24) is 15.3 Å². The largest absolute Gasteiger partial charge is 0.316 e. The van der Waals surface area contributed by atoms with Crippen LogP contribution < -0.4 is 5.32 Å². The first-order chi connectivity index (χ1) is 10.0. The fourth-order valence-corrected chi connectivity index (χ4v) is 3.59. The van der Waals surface area contributed by atoms with Crippen molar-refractivity contribution in [1.29, 1.82) is 0 Å². The highest BCUT2D eigenvalue weighted by Crippen LogP contribution is 2.46. The second kappa shape index (κ2) is 7.35. The van der Waals surface area contributed by atoms with E-state index in [1.807, 2.05) is 12.4 Å². The zero-order chi connectivity index (χ0) is 15.3. The monoisotopic (exact) mass is 289 g/mol. The Morgan fingerprint density at radius 1 is 1.24 bits per heavy atom. The SMILES string of the molecule is CCCNCC1CCC(C(C)(C)C)CC1c1cnccn1. The van der Waals surface area contributed by atoms with Gasteiger partial charge in [-0.15, -0.1) is 0 Å². The number of hydrogen-bond acceptors (Lipinski definition) is 3. The summed E-state index contributed by atoms with van der Waals surface area (Å²) in [6, 6.07) is 0. The van der Waals surface area contributed by atoms with E-state index in [0.717, 1.165) is 19.0 Å². The molecule has 1 aromatic rings. The van der Waals surface area contributed by atoms with Gasteiger partial charge in [0.2, 0.25) is 0 Å². The first kappa shape index (κ1) is 16.4. The summed E-state index contributed by atoms with van der Waals surface area (Å²) in [5, 5.41) is 3.61. The summed E-state index contributed by atoms with van der Waals surface area (Å²) in [5.41, 5.74) is 1.58. The molecule has 1 N–H and O–H groups in total. The van der Waals surface area contributed by atoms with Gasteiger partial charge >= 0.3 is 0 Å². The van der Waals surface area contributed by atoms with Gasteiger partial charge in [0.15, 0.2) is 0 Å². The maximum Gasteiger partial charge on any atom is 0.0620 e. The third kappa shape index (κ3) is 4.50. The molecular formula is C18H31N3. The van der Waals surface area contributed by atoms with Crippen LogP contribution in [-0.4, -0.2) is 23.1 Å². The summed E-state index contributed by atoms with van der Waals surface area (Å²) in [6.45, 7) is 11.6. The highest BCUT2D eigenvalue weighted by molar-refractivity contribution is 5.08. The summed E-state index contributed by atoms with van der Waals surface area (Å²) in [5.74, 6) is 2.04. The van der Waals surface area contributed by atoms with E-state index in [1.165, 1.54) is 31.4 Å². The van der Waals surface area contributed by atoms with Crippen LogP contribution in [0.25, 0.3) is 0 Å². The van der Waals surface area contributed by atoms with Crippen LogP contribution >= 0.6 is 0 Å². The molecule has 1 aliphatic rings. The Hall–Kier alpha value is -0.960. The molecule has 1 saturated carbocycles. The minimum absolute atomic E-state index is 0.391. The molecule has 21 heavy (non-hydrogen) atoms. The van der Waals surface area contributed by atoms with Gasteiger partial charge in [0.25, 0.3) is 0 Å². The van der Waals surface area contributed by atoms with Crippen molar-refractivity contribution >= 4 is 0 Å². The predicted molar refractivity (Wildman–Crippen MR) is 88.2 cm³/mol. The van der Waals surface area contributed by atoms with Crippen molar-refractivity contribution in [2.75, 3.05) is 13.1 Å². The maximum atomic E-state index is 4.61. The molecule has 118 valence electrons. The zero-order valence-electron chi connectivity index (χ0n) is 14.1. The fourth-order valence-electron chi connectivity index (χ4n) is 3.59. The number of hydrogen-bond donors (Lipinski definition) is 1. The molecule has 0 spiro atoms. The Morgan fingerprint density at radius 2 is 2.05 bits per heavy atom. The predicted octanol–water partition coefficient (Wildman–Crippen LogP) is 4.02. The molecule has 0 aliphatic heterocycles.